The summed E-state index contributed by atoms with van der Waals surface area (Å²) in [6, 6.07) is 4.90. The minimum Gasteiger partial charge on any atom is -0.301 e. The molecule has 1 aliphatic rings. The normalized spacial score (nSPS) is 16.9. The van der Waals surface area contributed by atoms with E-state index in [-0.39, 0.29) is 22.7 Å². The van der Waals surface area contributed by atoms with Crippen LogP contribution in [0.4, 0.5) is 5.69 Å². The molecule has 0 atom stereocenters. The summed E-state index contributed by atoms with van der Waals surface area (Å²) in [5.41, 5.74) is 1.29. The fraction of sp³-hybridized carbons (Fsp3) is 0.231. The molecule has 0 radical (unpaired) electrons. The first kappa shape index (κ1) is 14.3. The molecule has 0 spiro atoms. The maximum Gasteiger partial charge on any atom is 0.273 e. The number of hydrogen-bond donors (Lipinski definition) is 2. The number of hydrogen-bond acceptors (Lipinski definition) is 5. The number of amides is 1. The van der Waals surface area contributed by atoms with Gasteiger partial charge in [0.25, 0.3) is 11.6 Å². The first-order valence-electron chi connectivity index (χ1n) is 5.96. The van der Waals surface area contributed by atoms with E-state index in [0.29, 0.717) is 16.0 Å². The van der Waals surface area contributed by atoms with Gasteiger partial charge in [0.05, 0.1) is 9.83 Å². The second kappa shape index (κ2) is 5.46. The summed E-state index contributed by atoms with van der Waals surface area (Å²) in [5, 5.41) is 20.9. The lowest BCUT2D eigenvalue weighted by Gasteiger charge is -2.07. The Morgan fingerprint density at radius 2 is 2.15 bits per heavy atom. The van der Waals surface area contributed by atoms with Crippen LogP contribution in [0.25, 0.3) is 6.08 Å². The Labute approximate surface area is 119 Å². The van der Waals surface area contributed by atoms with Crippen molar-refractivity contribution in [3.63, 3.8) is 0 Å². The van der Waals surface area contributed by atoms with Crippen LogP contribution in [0.1, 0.15) is 30.9 Å². The minimum absolute atomic E-state index is 0.0489. The van der Waals surface area contributed by atoms with Gasteiger partial charge in [0.1, 0.15) is 0 Å². The van der Waals surface area contributed by atoms with Crippen LogP contribution in [0.15, 0.2) is 23.1 Å². The Kier molecular flexibility index (Phi) is 3.89. The monoisotopic (exact) mass is 291 g/mol. The standard InChI is InChI=1S/C13H13N3O3S/c1-7(2)9-4-3-8(5-10(9)16(18)19)6-11-12(17)15-13(14)20-11/h3-7H,1-2H3,(H2,14,15,17)/b11-6-. The average Bonchev–Trinajstić information content (AvgIpc) is 2.67. The van der Waals surface area contributed by atoms with Gasteiger partial charge in [-0.2, -0.15) is 0 Å². The predicted octanol–water partition coefficient (Wildman–Crippen LogP) is 2.86. The second-order valence-electron chi connectivity index (χ2n) is 4.62. The van der Waals surface area contributed by atoms with Crippen LogP contribution in [0.2, 0.25) is 0 Å². The number of amidine groups is 1. The van der Waals surface area contributed by atoms with E-state index in [0.717, 1.165) is 11.8 Å². The van der Waals surface area contributed by atoms with Crippen molar-refractivity contribution in [1.29, 1.82) is 5.41 Å². The third-order valence-electron chi connectivity index (χ3n) is 2.83. The summed E-state index contributed by atoms with van der Waals surface area (Å²) in [4.78, 5) is 22.6. The van der Waals surface area contributed by atoms with E-state index in [4.69, 9.17) is 5.41 Å². The Morgan fingerprint density at radius 3 is 2.65 bits per heavy atom. The molecular formula is C13H13N3O3S. The molecule has 1 fully saturated rings. The average molecular weight is 291 g/mol. The molecular weight excluding hydrogens is 278 g/mol. The third-order valence-corrected chi connectivity index (χ3v) is 3.66. The van der Waals surface area contributed by atoms with Gasteiger partial charge in [-0.1, -0.05) is 26.0 Å². The Hall–Kier alpha value is -2.15. The molecule has 20 heavy (non-hydrogen) atoms. The smallest absolute Gasteiger partial charge is 0.273 e. The molecule has 0 aromatic heterocycles. The van der Waals surface area contributed by atoms with Crippen molar-refractivity contribution >= 4 is 34.6 Å². The van der Waals surface area contributed by atoms with Gasteiger partial charge < -0.3 is 5.32 Å². The van der Waals surface area contributed by atoms with Gasteiger partial charge in [0, 0.05) is 11.6 Å². The number of nitro benzene ring substituents is 1. The quantitative estimate of drug-likeness (QED) is 0.508. The molecule has 0 unspecified atom stereocenters. The van der Waals surface area contributed by atoms with Crippen LogP contribution in [-0.2, 0) is 4.79 Å². The largest absolute Gasteiger partial charge is 0.301 e. The second-order valence-corrected chi connectivity index (χ2v) is 5.68. The number of carbonyl (C=O) groups excluding carboxylic acids is 1. The molecule has 2 N–H and O–H groups in total. The van der Waals surface area contributed by atoms with Crippen molar-refractivity contribution in [2.45, 2.75) is 19.8 Å². The summed E-state index contributed by atoms with van der Waals surface area (Å²) < 4.78 is 0. The van der Waals surface area contributed by atoms with Crippen LogP contribution >= 0.6 is 11.8 Å². The first-order valence-corrected chi connectivity index (χ1v) is 6.78. The fourth-order valence-electron chi connectivity index (χ4n) is 1.89. The summed E-state index contributed by atoms with van der Waals surface area (Å²) >= 11 is 1.01. The number of nitrogens with one attached hydrogen (secondary N) is 2. The number of nitro groups is 1. The molecule has 0 aliphatic carbocycles. The topological polar surface area (TPSA) is 96.1 Å². The van der Waals surface area contributed by atoms with Crippen molar-refractivity contribution in [3.8, 4) is 0 Å². The summed E-state index contributed by atoms with van der Waals surface area (Å²) in [7, 11) is 0. The van der Waals surface area contributed by atoms with E-state index in [9.17, 15) is 14.9 Å². The van der Waals surface area contributed by atoms with Gasteiger partial charge in [0.15, 0.2) is 5.17 Å². The van der Waals surface area contributed by atoms with Crippen LogP contribution < -0.4 is 5.32 Å². The predicted molar refractivity (Wildman–Crippen MR) is 78.6 cm³/mol. The maximum absolute atomic E-state index is 11.5. The molecule has 1 aliphatic heterocycles. The SMILES string of the molecule is CC(C)c1ccc(/C=C2\SC(=N)NC2=O)cc1[N+](=O)[O-]. The van der Waals surface area contributed by atoms with Crippen molar-refractivity contribution in [1.82, 2.24) is 5.32 Å². The lowest BCUT2D eigenvalue weighted by atomic mass is 9.99. The van der Waals surface area contributed by atoms with Crippen molar-refractivity contribution < 1.29 is 9.72 Å². The highest BCUT2D eigenvalue weighted by atomic mass is 32.2. The van der Waals surface area contributed by atoms with E-state index >= 15 is 0 Å². The van der Waals surface area contributed by atoms with Crippen LogP contribution in [0.3, 0.4) is 0 Å². The number of thioether (sulfide) groups is 1. The number of carbonyl (C=O) groups is 1. The number of nitrogens with zero attached hydrogens (tertiary/aromatic N) is 1. The lowest BCUT2D eigenvalue weighted by molar-refractivity contribution is -0.385. The molecule has 6 nitrogen and oxygen atoms in total. The first-order chi connectivity index (χ1) is 9.38. The Morgan fingerprint density at radius 1 is 1.45 bits per heavy atom. The summed E-state index contributed by atoms with van der Waals surface area (Å²) in [6.07, 6.45) is 1.55. The van der Waals surface area contributed by atoms with Crippen molar-refractivity contribution in [2.75, 3.05) is 0 Å². The van der Waals surface area contributed by atoms with E-state index < -0.39 is 4.92 Å². The molecule has 0 saturated carbocycles. The summed E-state index contributed by atoms with van der Waals surface area (Å²) in [5.74, 6) is -0.301. The zero-order valence-electron chi connectivity index (χ0n) is 11.0. The molecule has 1 aromatic carbocycles. The number of rotatable bonds is 3. The zero-order valence-corrected chi connectivity index (χ0v) is 11.8. The van der Waals surface area contributed by atoms with Gasteiger partial charge in [-0.25, -0.2) is 0 Å². The Bertz CT molecular complexity index is 638. The highest BCUT2D eigenvalue weighted by Gasteiger charge is 2.23. The minimum atomic E-state index is -0.415. The Balaban J connectivity index is 2.42. The zero-order chi connectivity index (χ0) is 14.9. The van der Waals surface area contributed by atoms with Gasteiger partial charge in [-0.05, 0) is 29.3 Å². The van der Waals surface area contributed by atoms with Gasteiger partial charge in [-0.3, -0.25) is 20.3 Å². The van der Waals surface area contributed by atoms with Crippen LogP contribution in [0.5, 0.6) is 0 Å². The molecule has 7 heteroatoms. The molecule has 1 saturated heterocycles. The van der Waals surface area contributed by atoms with Crippen molar-refractivity contribution in [3.05, 3.63) is 44.3 Å². The molecule has 104 valence electrons. The molecule has 1 heterocycles. The fourth-order valence-corrected chi connectivity index (χ4v) is 2.59. The maximum atomic E-state index is 11.5. The van der Waals surface area contributed by atoms with Gasteiger partial charge in [0.2, 0.25) is 0 Å². The number of benzene rings is 1. The molecule has 0 bridgehead atoms. The van der Waals surface area contributed by atoms with E-state index in [1.807, 2.05) is 13.8 Å². The molecule has 1 amide bonds. The van der Waals surface area contributed by atoms with Gasteiger partial charge in [-0.15, -0.1) is 0 Å². The summed E-state index contributed by atoms with van der Waals surface area (Å²) in [6.45, 7) is 3.78. The molecule has 2 rings (SSSR count). The van der Waals surface area contributed by atoms with E-state index in [2.05, 4.69) is 5.32 Å². The highest BCUT2D eigenvalue weighted by molar-refractivity contribution is 8.18. The van der Waals surface area contributed by atoms with Crippen LogP contribution in [-0.4, -0.2) is 16.0 Å². The van der Waals surface area contributed by atoms with E-state index in [1.165, 1.54) is 6.07 Å². The highest BCUT2D eigenvalue weighted by Crippen LogP contribution is 2.30. The van der Waals surface area contributed by atoms with Gasteiger partial charge >= 0.3 is 0 Å². The lowest BCUT2D eigenvalue weighted by Crippen LogP contribution is -2.18. The van der Waals surface area contributed by atoms with E-state index in [1.54, 1.807) is 18.2 Å². The van der Waals surface area contributed by atoms with Crippen molar-refractivity contribution in [2.24, 2.45) is 0 Å². The van der Waals surface area contributed by atoms with Crippen LogP contribution in [0, 0.1) is 15.5 Å². The third kappa shape index (κ3) is 2.88. The molecule has 1 aromatic rings.